The third kappa shape index (κ3) is 8.60. The van der Waals surface area contributed by atoms with Crippen LogP contribution in [0.2, 0.25) is 0 Å². The SMILES string of the molecule is CCc1ccc(Cc2cc([C@@H]3OC(COC(C)=O)[C@@H](OC(C)=O)[C@H](OC(C)=O)[C@H]3OC(C)=O)cc(OC3CCC3)c2C#N)cc1. The molecule has 1 unspecified atom stereocenters. The summed E-state index contributed by atoms with van der Waals surface area (Å²) in [7, 11) is 0. The first-order chi connectivity index (χ1) is 21.5. The van der Waals surface area contributed by atoms with Crippen molar-refractivity contribution in [3.8, 4) is 11.8 Å². The first kappa shape index (κ1) is 33.5. The van der Waals surface area contributed by atoms with Crippen molar-refractivity contribution in [1.82, 2.24) is 0 Å². The zero-order chi connectivity index (χ0) is 32.7. The van der Waals surface area contributed by atoms with Gasteiger partial charge in [0.1, 0.15) is 30.6 Å². The van der Waals surface area contributed by atoms with Crippen LogP contribution in [-0.4, -0.2) is 61.0 Å². The summed E-state index contributed by atoms with van der Waals surface area (Å²) < 4.78 is 34.8. The summed E-state index contributed by atoms with van der Waals surface area (Å²) in [4.78, 5) is 48.6. The van der Waals surface area contributed by atoms with E-state index in [1.54, 1.807) is 12.1 Å². The number of hydrogen-bond acceptors (Lipinski definition) is 11. The normalized spacial score (nSPS) is 22.7. The molecule has 0 aromatic heterocycles. The molecule has 1 saturated carbocycles. The molecule has 0 amide bonds. The van der Waals surface area contributed by atoms with Gasteiger partial charge < -0.3 is 28.4 Å². The van der Waals surface area contributed by atoms with E-state index in [2.05, 4.69) is 13.0 Å². The van der Waals surface area contributed by atoms with E-state index in [0.29, 0.717) is 28.9 Å². The predicted molar refractivity (Wildman–Crippen MR) is 159 cm³/mol. The van der Waals surface area contributed by atoms with Crippen LogP contribution in [0.3, 0.4) is 0 Å². The highest BCUT2D eigenvalue weighted by atomic mass is 16.7. The number of esters is 4. The van der Waals surface area contributed by atoms with Gasteiger partial charge >= 0.3 is 23.9 Å². The standard InChI is InChI=1S/C34H39NO10/c1-6-23-10-12-24(13-11-23)14-25-15-26(16-29(28(25)17-35)44-27-8-7-9-27)31-33(42-21(4)38)34(43-22(5)39)32(41-20(3)37)30(45-31)18-40-19(2)36/h10-13,15-16,27,30-34H,6-9,14,18H2,1-5H3/t30?,31-,32+,33-,34-/m0/s1. The van der Waals surface area contributed by atoms with Crippen molar-refractivity contribution >= 4 is 23.9 Å². The van der Waals surface area contributed by atoms with Crippen LogP contribution in [-0.2, 0) is 55.7 Å². The van der Waals surface area contributed by atoms with Crippen molar-refractivity contribution in [2.24, 2.45) is 0 Å². The molecule has 11 heteroatoms. The summed E-state index contributed by atoms with van der Waals surface area (Å²) in [5, 5.41) is 10.3. The van der Waals surface area contributed by atoms with Gasteiger partial charge in [0, 0.05) is 27.7 Å². The van der Waals surface area contributed by atoms with Crippen LogP contribution in [0.25, 0.3) is 0 Å². The monoisotopic (exact) mass is 621 g/mol. The Kier molecular flexibility index (Phi) is 11.2. The lowest BCUT2D eigenvalue weighted by molar-refractivity contribution is -0.254. The van der Waals surface area contributed by atoms with E-state index in [1.165, 1.54) is 33.3 Å². The lowest BCUT2D eigenvalue weighted by atomic mass is 9.87. The van der Waals surface area contributed by atoms with Crippen molar-refractivity contribution in [1.29, 1.82) is 5.26 Å². The summed E-state index contributed by atoms with van der Waals surface area (Å²) >= 11 is 0. The molecule has 1 aliphatic carbocycles. The van der Waals surface area contributed by atoms with Gasteiger partial charge in [-0.25, -0.2) is 0 Å². The molecule has 11 nitrogen and oxygen atoms in total. The molecule has 0 bridgehead atoms. The Morgan fingerprint density at radius 1 is 0.844 bits per heavy atom. The maximum absolute atomic E-state index is 12.4. The van der Waals surface area contributed by atoms with Gasteiger partial charge in [-0.2, -0.15) is 5.26 Å². The zero-order valence-electron chi connectivity index (χ0n) is 26.2. The number of rotatable bonds is 11. The Balaban J connectivity index is 1.86. The summed E-state index contributed by atoms with van der Waals surface area (Å²) in [5.74, 6) is -2.37. The second-order valence-corrected chi connectivity index (χ2v) is 11.3. The smallest absolute Gasteiger partial charge is 0.303 e. The highest BCUT2D eigenvalue weighted by Gasteiger charge is 2.52. The minimum absolute atomic E-state index is 0.0561. The number of nitriles is 1. The molecular formula is C34H39NO10. The molecule has 2 fully saturated rings. The Labute approximate surface area is 262 Å². The second-order valence-electron chi connectivity index (χ2n) is 11.3. The largest absolute Gasteiger partial charge is 0.489 e. The molecule has 2 aromatic carbocycles. The lowest BCUT2D eigenvalue weighted by Crippen LogP contribution is -2.59. The predicted octanol–water partition coefficient (Wildman–Crippen LogP) is 4.44. The summed E-state index contributed by atoms with van der Waals surface area (Å²) in [5.41, 5.74) is 3.65. The van der Waals surface area contributed by atoms with Gasteiger partial charge in [0.05, 0.1) is 11.7 Å². The molecule has 1 saturated heterocycles. The molecule has 2 aliphatic rings. The highest BCUT2D eigenvalue weighted by molar-refractivity contribution is 5.69. The minimum atomic E-state index is -1.31. The average molecular weight is 622 g/mol. The molecule has 2 aromatic rings. The van der Waals surface area contributed by atoms with Crippen LogP contribution in [0.15, 0.2) is 36.4 Å². The Morgan fingerprint density at radius 2 is 1.44 bits per heavy atom. The number of carbonyl (C=O) groups is 4. The van der Waals surface area contributed by atoms with E-state index < -0.39 is 54.4 Å². The fourth-order valence-electron chi connectivity index (χ4n) is 5.50. The number of carbonyl (C=O) groups excluding carboxylic acids is 4. The van der Waals surface area contributed by atoms with Crippen LogP contribution >= 0.6 is 0 Å². The first-order valence-electron chi connectivity index (χ1n) is 15.1. The molecular weight excluding hydrogens is 582 g/mol. The van der Waals surface area contributed by atoms with Gasteiger partial charge in [-0.3, -0.25) is 19.2 Å². The van der Waals surface area contributed by atoms with Crippen molar-refractivity contribution in [3.05, 3.63) is 64.2 Å². The van der Waals surface area contributed by atoms with Gasteiger partial charge in [0.15, 0.2) is 18.3 Å². The maximum Gasteiger partial charge on any atom is 0.303 e. The van der Waals surface area contributed by atoms with Gasteiger partial charge in [-0.15, -0.1) is 0 Å². The number of benzene rings is 2. The topological polar surface area (TPSA) is 147 Å². The molecule has 4 rings (SSSR count). The summed E-state index contributed by atoms with van der Waals surface area (Å²) in [6.07, 6.45) is -2.11. The van der Waals surface area contributed by atoms with Crippen molar-refractivity contribution in [2.75, 3.05) is 6.61 Å². The maximum atomic E-state index is 12.4. The van der Waals surface area contributed by atoms with Gasteiger partial charge in [0.2, 0.25) is 0 Å². The molecule has 5 atom stereocenters. The Bertz CT molecular complexity index is 1440. The van der Waals surface area contributed by atoms with Crippen LogP contribution in [0, 0.1) is 11.3 Å². The molecule has 0 N–H and O–H groups in total. The minimum Gasteiger partial charge on any atom is -0.489 e. The average Bonchev–Trinajstić information content (AvgIpc) is 2.95. The molecule has 0 radical (unpaired) electrons. The molecule has 1 aliphatic heterocycles. The number of hydrogen-bond donors (Lipinski definition) is 0. The van der Waals surface area contributed by atoms with E-state index in [1.807, 2.05) is 24.3 Å². The molecule has 240 valence electrons. The van der Waals surface area contributed by atoms with Crippen LogP contribution in [0.4, 0.5) is 0 Å². The first-order valence-corrected chi connectivity index (χ1v) is 15.1. The van der Waals surface area contributed by atoms with E-state index in [4.69, 9.17) is 28.4 Å². The number of ether oxygens (including phenoxy) is 6. The number of aryl methyl sites for hydroxylation is 1. The summed E-state index contributed by atoms with van der Waals surface area (Å²) in [6, 6.07) is 13.8. The van der Waals surface area contributed by atoms with Crippen LogP contribution in [0.5, 0.6) is 5.75 Å². The van der Waals surface area contributed by atoms with E-state index in [9.17, 15) is 24.4 Å². The van der Waals surface area contributed by atoms with Crippen molar-refractivity contribution in [2.45, 2.75) is 103 Å². The van der Waals surface area contributed by atoms with E-state index >= 15 is 0 Å². The molecule has 45 heavy (non-hydrogen) atoms. The van der Waals surface area contributed by atoms with E-state index in [-0.39, 0.29) is 12.7 Å². The van der Waals surface area contributed by atoms with Crippen LogP contribution < -0.4 is 4.74 Å². The van der Waals surface area contributed by atoms with E-state index in [0.717, 1.165) is 31.2 Å². The van der Waals surface area contributed by atoms with Crippen LogP contribution in [0.1, 0.15) is 87.8 Å². The Morgan fingerprint density at radius 3 is 1.98 bits per heavy atom. The van der Waals surface area contributed by atoms with Crippen molar-refractivity contribution in [3.63, 3.8) is 0 Å². The number of nitrogens with zero attached hydrogens (tertiary/aromatic N) is 1. The van der Waals surface area contributed by atoms with Crippen molar-refractivity contribution < 1.29 is 47.6 Å². The van der Waals surface area contributed by atoms with Gasteiger partial charge in [-0.1, -0.05) is 37.3 Å². The second kappa shape index (κ2) is 15.0. The van der Waals surface area contributed by atoms with Gasteiger partial charge in [0.25, 0.3) is 0 Å². The fraction of sp³-hybridized carbons (Fsp3) is 0.500. The zero-order valence-corrected chi connectivity index (χ0v) is 26.2. The lowest BCUT2D eigenvalue weighted by Gasteiger charge is -2.44. The summed E-state index contributed by atoms with van der Waals surface area (Å²) in [6.45, 7) is 6.50. The van der Waals surface area contributed by atoms with Gasteiger partial charge in [-0.05, 0) is 60.4 Å². The fourth-order valence-corrected chi connectivity index (χ4v) is 5.50. The third-order valence-corrected chi connectivity index (χ3v) is 7.81. The Hall–Kier alpha value is -4.43. The quantitative estimate of drug-likeness (QED) is 0.259. The molecule has 1 heterocycles. The molecule has 0 spiro atoms. The highest BCUT2D eigenvalue weighted by Crippen LogP contribution is 2.41. The third-order valence-electron chi connectivity index (χ3n) is 7.81.